The van der Waals surface area contributed by atoms with Crippen molar-refractivity contribution in [1.82, 2.24) is 14.5 Å². The summed E-state index contributed by atoms with van der Waals surface area (Å²) in [7, 11) is -3.49. The van der Waals surface area contributed by atoms with Crippen LogP contribution in [0.4, 0.5) is 10.8 Å². The van der Waals surface area contributed by atoms with Crippen molar-refractivity contribution in [2.24, 2.45) is 0 Å². The number of aromatic nitrogens is 2. The Morgan fingerprint density at radius 1 is 1.13 bits per heavy atom. The van der Waals surface area contributed by atoms with E-state index in [-0.39, 0.29) is 0 Å². The molecule has 1 aliphatic heterocycles. The second-order valence-corrected chi connectivity index (χ2v) is 11.0. The minimum absolute atomic E-state index is 0.321. The molecule has 10 heteroatoms. The number of ether oxygens (including phenoxy) is 1. The predicted octanol–water partition coefficient (Wildman–Crippen LogP) is 3.90. The summed E-state index contributed by atoms with van der Waals surface area (Å²) < 4.78 is 33.3. The molecule has 4 rings (SSSR count). The second-order valence-electron chi connectivity index (χ2n) is 6.82. The van der Waals surface area contributed by atoms with E-state index in [0.29, 0.717) is 37.0 Å². The fraction of sp³-hybridized carbons (Fsp3) is 0.300. The third kappa shape index (κ3) is 5.19. The normalized spacial score (nSPS) is 15.2. The van der Waals surface area contributed by atoms with Gasteiger partial charge in [0.2, 0.25) is 15.2 Å². The third-order valence-corrected chi connectivity index (χ3v) is 8.48. The maximum absolute atomic E-state index is 12.8. The van der Waals surface area contributed by atoms with Gasteiger partial charge in [0.25, 0.3) is 0 Å². The SMILES string of the molecule is Cc1cccc(Nc2nnc(SCc3cccc(S(=O)(=O)N4CCOCC4)c3)s2)c1. The van der Waals surface area contributed by atoms with Gasteiger partial charge in [0.05, 0.1) is 18.1 Å². The maximum atomic E-state index is 12.8. The summed E-state index contributed by atoms with van der Waals surface area (Å²) in [6.07, 6.45) is 0. The lowest BCUT2D eigenvalue weighted by molar-refractivity contribution is 0.0730. The van der Waals surface area contributed by atoms with Crippen molar-refractivity contribution in [2.45, 2.75) is 21.9 Å². The Bertz CT molecular complexity index is 1110. The number of hydrogen-bond acceptors (Lipinski definition) is 8. The molecule has 1 N–H and O–H groups in total. The lowest BCUT2D eigenvalue weighted by Crippen LogP contribution is -2.40. The summed E-state index contributed by atoms with van der Waals surface area (Å²) in [4.78, 5) is 0.321. The molecule has 0 amide bonds. The minimum Gasteiger partial charge on any atom is -0.379 e. The fourth-order valence-corrected chi connectivity index (χ4v) is 6.24. The lowest BCUT2D eigenvalue weighted by atomic mass is 10.2. The van der Waals surface area contributed by atoms with Crippen molar-refractivity contribution in [3.05, 3.63) is 59.7 Å². The molecule has 2 heterocycles. The van der Waals surface area contributed by atoms with E-state index >= 15 is 0 Å². The number of benzene rings is 2. The van der Waals surface area contributed by atoms with E-state index in [1.165, 1.54) is 33.0 Å². The van der Waals surface area contributed by atoms with Gasteiger partial charge in [0.1, 0.15) is 0 Å². The molecule has 0 atom stereocenters. The van der Waals surface area contributed by atoms with Crippen molar-refractivity contribution in [1.29, 1.82) is 0 Å². The van der Waals surface area contributed by atoms with Crippen molar-refractivity contribution in [3.63, 3.8) is 0 Å². The molecule has 2 aromatic carbocycles. The fourth-order valence-electron chi connectivity index (χ4n) is 3.04. The first-order valence-corrected chi connectivity index (χ1v) is 12.7. The Morgan fingerprint density at radius 3 is 2.73 bits per heavy atom. The van der Waals surface area contributed by atoms with Crippen LogP contribution >= 0.6 is 23.1 Å². The van der Waals surface area contributed by atoms with Gasteiger partial charge in [-0.2, -0.15) is 4.31 Å². The van der Waals surface area contributed by atoms with Gasteiger partial charge in [-0.25, -0.2) is 8.42 Å². The highest BCUT2D eigenvalue weighted by molar-refractivity contribution is 8.00. The summed E-state index contributed by atoms with van der Waals surface area (Å²) in [5, 5.41) is 12.4. The highest BCUT2D eigenvalue weighted by Crippen LogP contribution is 2.30. The molecular formula is C20H22N4O3S3. The first kappa shape index (κ1) is 21.3. The monoisotopic (exact) mass is 462 g/mol. The summed E-state index contributed by atoms with van der Waals surface area (Å²) in [5.74, 6) is 0.617. The molecule has 1 saturated heterocycles. The Balaban J connectivity index is 1.40. The molecule has 158 valence electrons. The van der Waals surface area contributed by atoms with E-state index < -0.39 is 10.0 Å². The maximum Gasteiger partial charge on any atom is 0.243 e. The van der Waals surface area contributed by atoms with Crippen LogP contribution in [0.1, 0.15) is 11.1 Å². The summed E-state index contributed by atoms with van der Waals surface area (Å²) in [5.41, 5.74) is 3.08. The molecule has 0 bridgehead atoms. The average molecular weight is 463 g/mol. The quantitative estimate of drug-likeness (QED) is 0.533. The average Bonchev–Trinajstić information content (AvgIpc) is 3.20. The molecule has 0 spiro atoms. The molecule has 1 aliphatic rings. The Kier molecular flexibility index (Phi) is 6.69. The molecule has 7 nitrogen and oxygen atoms in total. The van der Waals surface area contributed by atoms with Gasteiger partial charge >= 0.3 is 0 Å². The summed E-state index contributed by atoms with van der Waals surface area (Å²) in [6, 6.07) is 15.2. The van der Waals surface area contributed by atoms with Gasteiger partial charge in [-0.05, 0) is 42.3 Å². The molecule has 0 radical (unpaired) electrons. The number of morpholine rings is 1. The van der Waals surface area contributed by atoms with Crippen LogP contribution in [-0.4, -0.2) is 49.2 Å². The molecule has 30 heavy (non-hydrogen) atoms. The van der Waals surface area contributed by atoms with E-state index in [1.54, 1.807) is 18.2 Å². The van der Waals surface area contributed by atoms with Crippen LogP contribution < -0.4 is 5.32 Å². The van der Waals surface area contributed by atoms with Crippen LogP contribution in [0.2, 0.25) is 0 Å². The number of sulfonamides is 1. The van der Waals surface area contributed by atoms with Crippen molar-refractivity contribution < 1.29 is 13.2 Å². The van der Waals surface area contributed by atoms with E-state index in [2.05, 4.69) is 21.6 Å². The molecule has 1 fully saturated rings. The number of thioether (sulfide) groups is 1. The highest BCUT2D eigenvalue weighted by Gasteiger charge is 2.26. The zero-order valence-electron chi connectivity index (χ0n) is 16.4. The Labute approximate surface area is 184 Å². The van der Waals surface area contributed by atoms with Crippen LogP contribution in [0.5, 0.6) is 0 Å². The highest BCUT2D eigenvalue weighted by atomic mass is 32.2. The number of anilines is 2. The minimum atomic E-state index is -3.49. The third-order valence-electron chi connectivity index (χ3n) is 4.54. The predicted molar refractivity (Wildman–Crippen MR) is 120 cm³/mol. The number of aryl methyl sites for hydroxylation is 1. The lowest BCUT2D eigenvalue weighted by Gasteiger charge is -2.26. The van der Waals surface area contributed by atoms with Crippen molar-refractivity contribution >= 4 is 43.9 Å². The van der Waals surface area contributed by atoms with Crippen LogP contribution in [0.25, 0.3) is 0 Å². The first-order valence-electron chi connectivity index (χ1n) is 9.47. The largest absolute Gasteiger partial charge is 0.379 e. The number of hydrogen-bond donors (Lipinski definition) is 1. The van der Waals surface area contributed by atoms with Crippen LogP contribution in [0.15, 0.2) is 57.8 Å². The molecular weight excluding hydrogens is 440 g/mol. The number of nitrogens with one attached hydrogen (secondary N) is 1. The van der Waals surface area contributed by atoms with Gasteiger partial charge < -0.3 is 10.1 Å². The van der Waals surface area contributed by atoms with E-state index in [4.69, 9.17) is 4.74 Å². The number of nitrogens with zero attached hydrogens (tertiary/aromatic N) is 3. The molecule has 0 unspecified atom stereocenters. The molecule has 1 aromatic heterocycles. The number of rotatable bonds is 7. The zero-order valence-corrected chi connectivity index (χ0v) is 18.9. The Hall–Kier alpha value is -1.98. The van der Waals surface area contributed by atoms with Crippen LogP contribution in [0.3, 0.4) is 0 Å². The first-order chi connectivity index (χ1) is 14.5. The van der Waals surface area contributed by atoms with Gasteiger partial charge in [-0.15, -0.1) is 10.2 Å². The van der Waals surface area contributed by atoms with E-state index in [1.807, 2.05) is 31.2 Å². The second kappa shape index (κ2) is 9.44. The summed E-state index contributed by atoms with van der Waals surface area (Å²) >= 11 is 3.01. The summed E-state index contributed by atoms with van der Waals surface area (Å²) in [6.45, 7) is 3.70. The van der Waals surface area contributed by atoms with Gasteiger partial charge in [-0.1, -0.05) is 47.4 Å². The van der Waals surface area contributed by atoms with Gasteiger partial charge in [0.15, 0.2) is 4.34 Å². The van der Waals surface area contributed by atoms with Gasteiger partial charge in [0, 0.05) is 24.5 Å². The molecule has 0 aliphatic carbocycles. The van der Waals surface area contributed by atoms with E-state index in [0.717, 1.165) is 20.7 Å². The smallest absolute Gasteiger partial charge is 0.243 e. The zero-order chi connectivity index (χ0) is 21.0. The van der Waals surface area contributed by atoms with Crippen LogP contribution in [0, 0.1) is 6.92 Å². The molecule has 0 saturated carbocycles. The molecule has 3 aromatic rings. The van der Waals surface area contributed by atoms with Gasteiger partial charge in [-0.3, -0.25) is 0 Å². The van der Waals surface area contributed by atoms with Crippen molar-refractivity contribution in [2.75, 3.05) is 31.6 Å². The van der Waals surface area contributed by atoms with Crippen molar-refractivity contribution in [3.8, 4) is 0 Å². The Morgan fingerprint density at radius 2 is 1.93 bits per heavy atom. The van der Waals surface area contributed by atoms with E-state index in [9.17, 15) is 8.42 Å². The topological polar surface area (TPSA) is 84.4 Å². The van der Waals surface area contributed by atoms with Crippen LogP contribution in [-0.2, 0) is 20.5 Å². The standard InChI is InChI=1S/C20H22N4O3S3/c1-15-4-2-6-17(12-15)21-19-22-23-20(29-19)28-14-16-5-3-7-18(13-16)30(25,26)24-8-10-27-11-9-24/h2-7,12-13H,8-11,14H2,1H3,(H,21,22).